The third-order valence-electron chi connectivity index (χ3n) is 5.26. The highest BCUT2D eigenvalue weighted by atomic mass is 19.1. The van der Waals surface area contributed by atoms with Crippen LogP contribution in [0.25, 0.3) is 11.4 Å². The van der Waals surface area contributed by atoms with Gasteiger partial charge in [-0.1, -0.05) is 6.07 Å². The summed E-state index contributed by atoms with van der Waals surface area (Å²) < 4.78 is 13.3. The number of pyridine rings is 1. The van der Waals surface area contributed by atoms with Crippen molar-refractivity contribution in [1.82, 2.24) is 20.1 Å². The molecule has 3 heterocycles. The van der Waals surface area contributed by atoms with Crippen LogP contribution in [0.5, 0.6) is 0 Å². The molecule has 1 saturated heterocycles. The third-order valence-corrected chi connectivity index (χ3v) is 5.26. The van der Waals surface area contributed by atoms with E-state index < -0.39 is 0 Å². The van der Waals surface area contributed by atoms with Crippen LogP contribution in [0.2, 0.25) is 0 Å². The van der Waals surface area contributed by atoms with Gasteiger partial charge in [0.25, 0.3) is 5.91 Å². The SMILES string of the molecule is Cc1cc(F)ccc1NC(=O)[C@@H]1CCCN(C(=O)c2cc(-c3ccccn3)n[nH]2)C1. The first-order valence-electron chi connectivity index (χ1n) is 9.84. The molecule has 0 spiro atoms. The molecule has 1 aliphatic rings. The molecular formula is C22H22FN5O2. The van der Waals surface area contributed by atoms with Crippen molar-refractivity contribution < 1.29 is 14.0 Å². The fraction of sp³-hybridized carbons (Fsp3) is 0.273. The van der Waals surface area contributed by atoms with Crippen LogP contribution in [0.15, 0.2) is 48.7 Å². The molecule has 1 aliphatic heterocycles. The van der Waals surface area contributed by atoms with Crippen molar-refractivity contribution in [2.75, 3.05) is 18.4 Å². The Bertz CT molecular complexity index is 1070. The number of carbonyl (C=O) groups is 2. The average Bonchev–Trinajstić information content (AvgIpc) is 3.26. The van der Waals surface area contributed by atoms with Gasteiger partial charge in [0.15, 0.2) is 0 Å². The second-order valence-electron chi connectivity index (χ2n) is 7.42. The number of piperidine rings is 1. The zero-order valence-electron chi connectivity index (χ0n) is 16.6. The zero-order valence-corrected chi connectivity index (χ0v) is 16.6. The largest absolute Gasteiger partial charge is 0.337 e. The maximum absolute atomic E-state index is 13.3. The van der Waals surface area contributed by atoms with Crippen LogP contribution in [-0.2, 0) is 4.79 Å². The lowest BCUT2D eigenvalue weighted by atomic mass is 9.96. The number of H-pyrrole nitrogens is 1. The van der Waals surface area contributed by atoms with Gasteiger partial charge in [-0.15, -0.1) is 0 Å². The summed E-state index contributed by atoms with van der Waals surface area (Å²) in [6, 6.07) is 11.4. The molecule has 4 rings (SSSR count). The summed E-state index contributed by atoms with van der Waals surface area (Å²) >= 11 is 0. The number of nitrogens with zero attached hydrogens (tertiary/aromatic N) is 3. The van der Waals surface area contributed by atoms with Crippen LogP contribution in [0.4, 0.5) is 10.1 Å². The van der Waals surface area contributed by atoms with E-state index in [0.717, 1.165) is 6.42 Å². The molecule has 8 heteroatoms. The van der Waals surface area contributed by atoms with Gasteiger partial charge in [-0.05, 0) is 61.7 Å². The zero-order chi connectivity index (χ0) is 21.1. The minimum Gasteiger partial charge on any atom is -0.337 e. The van der Waals surface area contributed by atoms with Crippen molar-refractivity contribution >= 4 is 17.5 Å². The molecule has 1 aromatic carbocycles. The Morgan fingerprint density at radius 3 is 2.83 bits per heavy atom. The lowest BCUT2D eigenvalue weighted by Crippen LogP contribution is -2.44. The Balaban J connectivity index is 1.43. The van der Waals surface area contributed by atoms with E-state index in [9.17, 15) is 14.0 Å². The number of amides is 2. The molecule has 2 amide bonds. The number of hydrogen-bond acceptors (Lipinski definition) is 4. The van der Waals surface area contributed by atoms with Crippen molar-refractivity contribution in [3.63, 3.8) is 0 Å². The van der Waals surface area contributed by atoms with E-state index in [-0.39, 0.29) is 23.5 Å². The molecule has 1 fully saturated rings. The van der Waals surface area contributed by atoms with Gasteiger partial charge in [0.05, 0.1) is 11.6 Å². The van der Waals surface area contributed by atoms with E-state index in [1.54, 1.807) is 30.2 Å². The predicted molar refractivity (Wildman–Crippen MR) is 110 cm³/mol. The second-order valence-corrected chi connectivity index (χ2v) is 7.42. The maximum Gasteiger partial charge on any atom is 0.271 e. The first kappa shape index (κ1) is 19.8. The van der Waals surface area contributed by atoms with Gasteiger partial charge in [0.1, 0.15) is 17.2 Å². The Morgan fingerprint density at radius 2 is 2.07 bits per heavy atom. The topological polar surface area (TPSA) is 91.0 Å². The minimum absolute atomic E-state index is 0.166. The fourth-order valence-electron chi connectivity index (χ4n) is 3.62. The quantitative estimate of drug-likeness (QED) is 0.693. The lowest BCUT2D eigenvalue weighted by Gasteiger charge is -2.31. The van der Waals surface area contributed by atoms with Crippen molar-refractivity contribution in [2.24, 2.45) is 5.92 Å². The van der Waals surface area contributed by atoms with Crippen molar-refractivity contribution in [2.45, 2.75) is 19.8 Å². The highest BCUT2D eigenvalue weighted by Gasteiger charge is 2.30. The van der Waals surface area contributed by atoms with Crippen LogP contribution in [-0.4, -0.2) is 45.0 Å². The summed E-state index contributed by atoms with van der Waals surface area (Å²) in [6.07, 6.45) is 3.09. The van der Waals surface area contributed by atoms with Gasteiger partial charge in [-0.25, -0.2) is 4.39 Å². The lowest BCUT2D eigenvalue weighted by molar-refractivity contribution is -0.121. The van der Waals surface area contributed by atoms with Gasteiger partial charge in [0, 0.05) is 25.0 Å². The second kappa shape index (κ2) is 8.44. The smallest absolute Gasteiger partial charge is 0.271 e. The third kappa shape index (κ3) is 4.22. The van der Waals surface area contributed by atoms with Crippen LogP contribution >= 0.6 is 0 Å². The fourth-order valence-corrected chi connectivity index (χ4v) is 3.62. The molecule has 30 heavy (non-hydrogen) atoms. The molecule has 1 atom stereocenters. The van der Waals surface area contributed by atoms with Crippen molar-refractivity contribution in [3.8, 4) is 11.4 Å². The van der Waals surface area contributed by atoms with Crippen LogP contribution < -0.4 is 5.32 Å². The Hall–Kier alpha value is -3.55. The number of hydrogen-bond donors (Lipinski definition) is 2. The number of carbonyl (C=O) groups excluding carboxylic acids is 2. The van der Waals surface area contributed by atoms with E-state index in [1.807, 2.05) is 18.2 Å². The van der Waals surface area contributed by atoms with Crippen molar-refractivity contribution in [3.05, 3.63) is 65.7 Å². The van der Waals surface area contributed by atoms with Gasteiger partial charge < -0.3 is 10.2 Å². The maximum atomic E-state index is 13.3. The number of nitrogens with one attached hydrogen (secondary N) is 2. The highest BCUT2D eigenvalue weighted by molar-refractivity contribution is 5.96. The first-order valence-corrected chi connectivity index (χ1v) is 9.84. The molecule has 3 aromatic rings. The number of aromatic nitrogens is 3. The average molecular weight is 407 g/mol. The van der Waals surface area contributed by atoms with Gasteiger partial charge >= 0.3 is 0 Å². The van der Waals surface area contributed by atoms with Gasteiger partial charge in [-0.2, -0.15) is 5.10 Å². The summed E-state index contributed by atoms with van der Waals surface area (Å²) in [5.74, 6) is -1.03. The molecule has 154 valence electrons. The molecule has 2 aromatic heterocycles. The van der Waals surface area contributed by atoms with E-state index in [0.29, 0.717) is 47.8 Å². The normalized spacial score (nSPS) is 16.3. The molecular weight excluding hydrogens is 385 g/mol. The number of rotatable bonds is 4. The predicted octanol–water partition coefficient (Wildman–Crippen LogP) is 3.41. The number of halogens is 1. The van der Waals surface area contributed by atoms with E-state index >= 15 is 0 Å². The van der Waals surface area contributed by atoms with Crippen LogP contribution in [0.1, 0.15) is 28.9 Å². The van der Waals surface area contributed by atoms with Gasteiger partial charge in [-0.3, -0.25) is 19.7 Å². The Kier molecular flexibility index (Phi) is 5.56. The molecule has 0 bridgehead atoms. The minimum atomic E-state index is -0.343. The summed E-state index contributed by atoms with van der Waals surface area (Å²) in [7, 11) is 0. The molecule has 7 nitrogen and oxygen atoms in total. The van der Waals surface area contributed by atoms with Crippen molar-refractivity contribution in [1.29, 1.82) is 0 Å². The number of benzene rings is 1. The van der Waals surface area contributed by atoms with E-state index in [4.69, 9.17) is 0 Å². The number of anilines is 1. The molecule has 0 radical (unpaired) electrons. The number of aryl methyl sites for hydroxylation is 1. The highest BCUT2D eigenvalue weighted by Crippen LogP contribution is 2.23. The summed E-state index contributed by atoms with van der Waals surface area (Å²) in [6.45, 7) is 2.64. The Morgan fingerprint density at radius 1 is 1.20 bits per heavy atom. The summed E-state index contributed by atoms with van der Waals surface area (Å²) in [5.41, 5.74) is 2.88. The standard InChI is InChI=1S/C22H22FN5O2/c1-14-11-16(23)7-8-17(14)25-21(29)15-5-4-10-28(13-15)22(30)20-12-19(26-27-20)18-6-2-3-9-24-18/h2-3,6-9,11-12,15H,4-5,10,13H2,1H3,(H,25,29)(H,26,27)/t15-/m1/s1. The monoisotopic (exact) mass is 407 g/mol. The summed E-state index contributed by atoms with van der Waals surface area (Å²) in [4.78, 5) is 31.6. The van der Waals surface area contributed by atoms with E-state index in [1.165, 1.54) is 12.1 Å². The van der Waals surface area contributed by atoms with Crippen LogP contribution in [0.3, 0.4) is 0 Å². The van der Waals surface area contributed by atoms with E-state index in [2.05, 4.69) is 20.5 Å². The molecule has 2 N–H and O–H groups in total. The van der Waals surface area contributed by atoms with Gasteiger partial charge in [0.2, 0.25) is 5.91 Å². The summed E-state index contributed by atoms with van der Waals surface area (Å²) in [5, 5.41) is 9.82. The molecule has 0 unspecified atom stereocenters. The molecule has 0 aliphatic carbocycles. The number of likely N-dealkylation sites (tertiary alicyclic amines) is 1. The number of aromatic amines is 1. The first-order chi connectivity index (χ1) is 14.5. The molecule has 0 saturated carbocycles. The van der Waals surface area contributed by atoms with Crippen LogP contribution in [0, 0.1) is 18.7 Å². The Labute approximate surface area is 173 Å².